The zero-order valence-corrected chi connectivity index (χ0v) is 11.5. The molecule has 2 N–H and O–H groups in total. The van der Waals surface area contributed by atoms with E-state index in [1.807, 2.05) is 13.0 Å². The average molecular weight is 270 g/mol. The van der Waals surface area contributed by atoms with Gasteiger partial charge in [0.25, 0.3) is 0 Å². The molecule has 1 saturated heterocycles. The predicted molar refractivity (Wildman–Crippen MR) is 76.9 cm³/mol. The molecule has 0 bridgehead atoms. The van der Waals surface area contributed by atoms with E-state index in [2.05, 4.69) is 30.6 Å². The predicted octanol–water partition coefficient (Wildman–Crippen LogP) is 1.79. The molecule has 1 aliphatic rings. The topological polar surface area (TPSA) is 75.6 Å². The van der Waals surface area contributed by atoms with Crippen molar-refractivity contribution in [3.05, 3.63) is 36.0 Å². The molecule has 104 valence electrons. The molecule has 2 aromatic rings. The molecule has 0 unspecified atom stereocenters. The van der Waals surface area contributed by atoms with Crippen LogP contribution < -0.4 is 10.6 Å². The van der Waals surface area contributed by atoms with Crippen molar-refractivity contribution in [1.82, 2.24) is 25.3 Å². The van der Waals surface area contributed by atoms with Crippen molar-refractivity contribution in [1.29, 1.82) is 0 Å². The highest BCUT2D eigenvalue weighted by molar-refractivity contribution is 5.48. The van der Waals surface area contributed by atoms with Gasteiger partial charge in [-0.25, -0.2) is 19.9 Å². The van der Waals surface area contributed by atoms with Crippen LogP contribution in [-0.4, -0.2) is 33.0 Å². The highest BCUT2D eigenvalue weighted by Crippen LogP contribution is 2.23. The van der Waals surface area contributed by atoms with Gasteiger partial charge in [0.2, 0.25) is 5.95 Å². The Hall–Kier alpha value is -2.08. The van der Waals surface area contributed by atoms with Gasteiger partial charge in [0.05, 0.1) is 5.69 Å². The lowest BCUT2D eigenvalue weighted by atomic mass is 9.96. The minimum Gasteiger partial charge on any atom is -0.316 e. The Balaban J connectivity index is 1.82. The lowest BCUT2D eigenvalue weighted by Crippen LogP contribution is -2.29. The average Bonchev–Trinajstić information content (AvgIpc) is 2.49. The Morgan fingerprint density at radius 3 is 2.85 bits per heavy atom. The maximum atomic E-state index is 4.57. The van der Waals surface area contributed by atoms with Crippen molar-refractivity contribution in [2.24, 2.45) is 0 Å². The zero-order valence-electron chi connectivity index (χ0n) is 11.5. The minimum atomic E-state index is 0.461. The fourth-order valence-electron chi connectivity index (χ4n) is 2.45. The molecular weight excluding hydrogens is 252 g/mol. The Morgan fingerprint density at radius 1 is 1.25 bits per heavy atom. The molecule has 0 aliphatic carbocycles. The van der Waals surface area contributed by atoms with Crippen LogP contribution in [0.5, 0.6) is 0 Å². The van der Waals surface area contributed by atoms with E-state index in [4.69, 9.17) is 0 Å². The molecule has 0 spiro atoms. The maximum Gasteiger partial charge on any atom is 0.228 e. The lowest BCUT2D eigenvalue weighted by Gasteiger charge is -2.22. The van der Waals surface area contributed by atoms with Crippen LogP contribution in [0.2, 0.25) is 0 Å². The quantitative estimate of drug-likeness (QED) is 0.885. The number of piperidine rings is 1. The molecule has 1 fully saturated rings. The molecule has 0 aromatic carbocycles. The van der Waals surface area contributed by atoms with Gasteiger partial charge in [0.15, 0.2) is 0 Å². The van der Waals surface area contributed by atoms with Crippen LogP contribution in [0.3, 0.4) is 0 Å². The van der Waals surface area contributed by atoms with Gasteiger partial charge in [0.1, 0.15) is 11.6 Å². The monoisotopic (exact) mass is 270 g/mol. The van der Waals surface area contributed by atoms with Crippen molar-refractivity contribution >= 4 is 11.8 Å². The first-order chi connectivity index (χ1) is 9.81. The summed E-state index contributed by atoms with van der Waals surface area (Å²) < 4.78 is 0. The number of aryl methyl sites for hydroxylation is 1. The summed E-state index contributed by atoms with van der Waals surface area (Å²) >= 11 is 0. The summed E-state index contributed by atoms with van der Waals surface area (Å²) in [5, 5.41) is 6.55. The molecule has 1 aliphatic heterocycles. The van der Waals surface area contributed by atoms with E-state index < -0.39 is 0 Å². The van der Waals surface area contributed by atoms with Crippen LogP contribution in [0.4, 0.5) is 11.8 Å². The third-order valence-electron chi connectivity index (χ3n) is 3.38. The van der Waals surface area contributed by atoms with Crippen LogP contribution in [0.1, 0.15) is 30.3 Å². The third-order valence-corrected chi connectivity index (χ3v) is 3.38. The zero-order chi connectivity index (χ0) is 13.8. The minimum absolute atomic E-state index is 0.461. The molecule has 3 rings (SSSR count). The molecule has 0 radical (unpaired) electrons. The number of nitrogens with one attached hydrogen (secondary N) is 2. The fourth-order valence-corrected chi connectivity index (χ4v) is 2.45. The van der Waals surface area contributed by atoms with E-state index in [1.165, 1.54) is 12.8 Å². The molecule has 3 heterocycles. The van der Waals surface area contributed by atoms with Crippen LogP contribution >= 0.6 is 0 Å². The number of rotatable bonds is 3. The van der Waals surface area contributed by atoms with E-state index in [0.29, 0.717) is 11.9 Å². The standard InChI is InChI=1S/C14H18N6/c1-10-18-12(11-4-2-5-15-9-11)8-13(19-10)20-14-16-6-3-7-17-14/h3,6-8,11,15H,2,4-5,9H2,1H3,(H,16,17,18,19,20)/t11-/m1/s1. The SMILES string of the molecule is Cc1nc(Nc2ncccn2)cc([C@@H]2CCCNC2)n1. The molecule has 2 aromatic heterocycles. The first-order valence-electron chi connectivity index (χ1n) is 6.91. The van der Waals surface area contributed by atoms with Crippen LogP contribution in [0, 0.1) is 6.92 Å². The largest absolute Gasteiger partial charge is 0.316 e. The van der Waals surface area contributed by atoms with Crippen molar-refractivity contribution in [2.75, 3.05) is 18.4 Å². The Labute approximate surface area is 118 Å². The van der Waals surface area contributed by atoms with E-state index in [0.717, 1.165) is 30.4 Å². The molecule has 1 atom stereocenters. The molecular formula is C14H18N6. The summed E-state index contributed by atoms with van der Waals surface area (Å²) in [5.74, 6) is 2.54. The highest BCUT2D eigenvalue weighted by Gasteiger charge is 2.17. The first-order valence-corrected chi connectivity index (χ1v) is 6.91. The Kier molecular flexibility index (Phi) is 3.83. The van der Waals surface area contributed by atoms with Crippen molar-refractivity contribution < 1.29 is 0 Å². The number of hydrogen-bond acceptors (Lipinski definition) is 6. The number of hydrogen-bond donors (Lipinski definition) is 2. The van der Waals surface area contributed by atoms with E-state index >= 15 is 0 Å². The number of nitrogens with zero attached hydrogens (tertiary/aromatic N) is 4. The van der Waals surface area contributed by atoms with Crippen LogP contribution in [0.25, 0.3) is 0 Å². The van der Waals surface area contributed by atoms with Gasteiger partial charge in [0, 0.05) is 30.9 Å². The normalized spacial score (nSPS) is 18.8. The Morgan fingerprint density at radius 2 is 2.10 bits per heavy atom. The lowest BCUT2D eigenvalue weighted by molar-refractivity contribution is 0.453. The summed E-state index contributed by atoms with van der Waals surface area (Å²) in [7, 11) is 0. The van der Waals surface area contributed by atoms with Gasteiger partial charge in [-0.1, -0.05) is 0 Å². The Bertz CT molecular complexity index is 565. The van der Waals surface area contributed by atoms with E-state index in [9.17, 15) is 0 Å². The van der Waals surface area contributed by atoms with Crippen molar-refractivity contribution in [3.8, 4) is 0 Å². The smallest absolute Gasteiger partial charge is 0.228 e. The number of anilines is 2. The highest BCUT2D eigenvalue weighted by atomic mass is 15.1. The van der Waals surface area contributed by atoms with Gasteiger partial charge < -0.3 is 10.6 Å². The summed E-state index contributed by atoms with van der Waals surface area (Å²) in [6.07, 6.45) is 5.77. The molecule has 0 amide bonds. The molecule has 6 nitrogen and oxygen atoms in total. The summed E-state index contributed by atoms with van der Waals surface area (Å²) in [6.45, 7) is 4.00. The first kappa shape index (κ1) is 12.9. The second kappa shape index (κ2) is 5.92. The van der Waals surface area contributed by atoms with Crippen LogP contribution in [0.15, 0.2) is 24.5 Å². The summed E-state index contributed by atoms with van der Waals surface area (Å²) in [6, 6.07) is 3.79. The fraction of sp³-hybridized carbons (Fsp3) is 0.429. The van der Waals surface area contributed by atoms with E-state index in [-0.39, 0.29) is 0 Å². The van der Waals surface area contributed by atoms with Gasteiger partial charge in [-0.05, 0) is 32.4 Å². The van der Waals surface area contributed by atoms with Crippen LogP contribution in [-0.2, 0) is 0 Å². The van der Waals surface area contributed by atoms with Crippen molar-refractivity contribution in [3.63, 3.8) is 0 Å². The summed E-state index contributed by atoms with van der Waals surface area (Å²) in [4.78, 5) is 17.3. The molecule has 20 heavy (non-hydrogen) atoms. The van der Waals surface area contributed by atoms with Gasteiger partial charge in [-0.3, -0.25) is 0 Å². The molecule has 0 saturated carbocycles. The number of aromatic nitrogens is 4. The summed E-state index contributed by atoms with van der Waals surface area (Å²) in [5.41, 5.74) is 1.09. The van der Waals surface area contributed by atoms with Crippen molar-refractivity contribution in [2.45, 2.75) is 25.7 Å². The maximum absolute atomic E-state index is 4.57. The van der Waals surface area contributed by atoms with Gasteiger partial charge in [-0.2, -0.15) is 0 Å². The van der Waals surface area contributed by atoms with E-state index in [1.54, 1.807) is 18.5 Å². The van der Waals surface area contributed by atoms with Gasteiger partial charge >= 0.3 is 0 Å². The third kappa shape index (κ3) is 3.08. The second-order valence-corrected chi connectivity index (χ2v) is 4.97. The second-order valence-electron chi connectivity index (χ2n) is 4.97. The molecule has 6 heteroatoms. The van der Waals surface area contributed by atoms with Gasteiger partial charge in [-0.15, -0.1) is 0 Å².